The van der Waals surface area contributed by atoms with Crippen LogP contribution >= 0.6 is 0 Å². The second-order valence-electron chi connectivity index (χ2n) is 9.47. The maximum atomic E-state index is 10.1. The molecule has 0 unspecified atom stereocenters. The van der Waals surface area contributed by atoms with Crippen molar-refractivity contribution in [1.82, 2.24) is 5.32 Å². The minimum Gasteiger partial charge on any atom is -0.381 e. The SMILES string of the molecule is O=C1CCCN1.c1ccc(CN(C2=NCCC2)c2ccccc2)cc1.c1ccc(CNc2ccccc2)cc1. The van der Waals surface area contributed by atoms with Gasteiger partial charge in [0.2, 0.25) is 5.91 Å². The average Bonchev–Trinajstić information content (AvgIpc) is 3.72. The van der Waals surface area contributed by atoms with Crippen molar-refractivity contribution < 1.29 is 4.79 Å². The third kappa shape index (κ3) is 9.78. The lowest BCUT2D eigenvalue weighted by Crippen LogP contribution is -2.28. The molecule has 200 valence electrons. The van der Waals surface area contributed by atoms with Gasteiger partial charge in [-0.1, -0.05) is 97.1 Å². The number of hydrogen-bond acceptors (Lipinski definition) is 4. The summed E-state index contributed by atoms with van der Waals surface area (Å²) in [7, 11) is 0. The van der Waals surface area contributed by atoms with E-state index in [4.69, 9.17) is 0 Å². The van der Waals surface area contributed by atoms with Crippen LogP contribution in [0, 0.1) is 0 Å². The van der Waals surface area contributed by atoms with Gasteiger partial charge in [-0.05, 0) is 48.2 Å². The van der Waals surface area contributed by atoms with E-state index in [1.807, 2.05) is 24.3 Å². The monoisotopic (exact) mass is 518 g/mol. The molecule has 4 aromatic rings. The van der Waals surface area contributed by atoms with Gasteiger partial charge >= 0.3 is 0 Å². The fraction of sp³-hybridized carbons (Fsp3) is 0.235. The molecule has 0 aliphatic carbocycles. The Morgan fingerprint density at radius 2 is 1.28 bits per heavy atom. The third-order valence-corrected chi connectivity index (χ3v) is 6.43. The molecule has 39 heavy (non-hydrogen) atoms. The zero-order valence-corrected chi connectivity index (χ0v) is 22.5. The molecule has 5 heteroatoms. The van der Waals surface area contributed by atoms with Crippen molar-refractivity contribution >= 4 is 23.1 Å². The van der Waals surface area contributed by atoms with Crippen molar-refractivity contribution in [2.75, 3.05) is 23.3 Å². The van der Waals surface area contributed by atoms with Crippen LogP contribution in [0.4, 0.5) is 11.4 Å². The van der Waals surface area contributed by atoms with Crippen LogP contribution in [0.3, 0.4) is 0 Å². The molecule has 0 saturated carbocycles. The van der Waals surface area contributed by atoms with Gasteiger partial charge in [0.1, 0.15) is 5.84 Å². The molecule has 4 aromatic carbocycles. The molecule has 0 spiro atoms. The standard InChI is InChI=1S/C17H18N2.C13H13N.C4H7NO/c1-3-8-15(9-4-1)14-19(17-12-7-13-18-17)16-10-5-2-6-11-16;1-3-7-12(8-4-1)11-14-13-9-5-2-6-10-13;6-4-2-1-3-5-4/h1-6,8-11H,7,12-14H2;1-10,14H,11H2;1-3H2,(H,5,6). The molecule has 1 fully saturated rings. The predicted octanol–water partition coefficient (Wildman–Crippen LogP) is 7.08. The highest BCUT2D eigenvalue weighted by Gasteiger charge is 2.16. The Morgan fingerprint density at radius 3 is 1.79 bits per heavy atom. The molecule has 0 bridgehead atoms. The number of benzene rings is 4. The number of amides is 1. The van der Waals surface area contributed by atoms with Gasteiger partial charge in [0, 0.05) is 50.4 Å². The lowest BCUT2D eigenvalue weighted by atomic mass is 10.2. The molecular weight excluding hydrogens is 480 g/mol. The fourth-order valence-corrected chi connectivity index (χ4v) is 4.37. The summed E-state index contributed by atoms with van der Waals surface area (Å²) in [5.41, 5.74) is 5.01. The van der Waals surface area contributed by atoms with E-state index in [0.717, 1.165) is 51.1 Å². The first-order chi connectivity index (χ1) is 19.3. The maximum absolute atomic E-state index is 10.1. The molecule has 6 rings (SSSR count). The number of nitrogens with zero attached hydrogens (tertiary/aromatic N) is 2. The Morgan fingerprint density at radius 1 is 0.692 bits per heavy atom. The van der Waals surface area contributed by atoms with Gasteiger partial charge in [-0.15, -0.1) is 0 Å². The van der Waals surface area contributed by atoms with Crippen LogP contribution in [0.15, 0.2) is 126 Å². The quantitative estimate of drug-likeness (QED) is 0.287. The number of carbonyl (C=O) groups is 1. The van der Waals surface area contributed by atoms with Crippen molar-refractivity contribution in [3.05, 3.63) is 132 Å². The Bertz CT molecular complexity index is 1210. The molecule has 2 aliphatic rings. The van der Waals surface area contributed by atoms with Gasteiger partial charge < -0.3 is 15.5 Å². The fourth-order valence-electron chi connectivity index (χ4n) is 4.37. The number of anilines is 2. The number of aliphatic imine (C=N–C) groups is 1. The van der Waals surface area contributed by atoms with Gasteiger partial charge in [0.05, 0.1) is 0 Å². The van der Waals surface area contributed by atoms with Gasteiger partial charge in [0.25, 0.3) is 0 Å². The van der Waals surface area contributed by atoms with Crippen LogP contribution in [-0.4, -0.2) is 24.8 Å². The lowest BCUT2D eigenvalue weighted by molar-refractivity contribution is -0.119. The molecule has 2 N–H and O–H groups in total. The molecule has 0 radical (unpaired) electrons. The number of carbonyl (C=O) groups excluding carboxylic acids is 1. The van der Waals surface area contributed by atoms with E-state index in [2.05, 4.69) is 118 Å². The van der Waals surface area contributed by atoms with Gasteiger partial charge in [-0.25, -0.2) is 0 Å². The molecule has 2 heterocycles. The number of para-hydroxylation sites is 2. The zero-order chi connectivity index (χ0) is 27.0. The summed E-state index contributed by atoms with van der Waals surface area (Å²) in [5.74, 6) is 1.42. The van der Waals surface area contributed by atoms with Crippen LogP contribution in [0.5, 0.6) is 0 Å². The van der Waals surface area contributed by atoms with E-state index in [-0.39, 0.29) is 5.91 Å². The second-order valence-corrected chi connectivity index (χ2v) is 9.47. The normalized spacial score (nSPS) is 13.6. The second kappa shape index (κ2) is 15.8. The van der Waals surface area contributed by atoms with Crippen LogP contribution in [0.25, 0.3) is 0 Å². The van der Waals surface area contributed by atoms with Crippen molar-refractivity contribution in [2.45, 2.75) is 38.8 Å². The van der Waals surface area contributed by atoms with Crippen molar-refractivity contribution in [2.24, 2.45) is 4.99 Å². The van der Waals surface area contributed by atoms with Crippen LogP contribution in [0.2, 0.25) is 0 Å². The van der Waals surface area contributed by atoms with E-state index in [9.17, 15) is 4.79 Å². The van der Waals surface area contributed by atoms with Crippen LogP contribution < -0.4 is 15.5 Å². The Balaban J connectivity index is 0.000000154. The topological polar surface area (TPSA) is 56.7 Å². The van der Waals surface area contributed by atoms with Gasteiger partial charge in [0.15, 0.2) is 0 Å². The maximum Gasteiger partial charge on any atom is 0.220 e. The van der Waals surface area contributed by atoms with E-state index >= 15 is 0 Å². The summed E-state index contributed by atoms with van der Waals surface area (Å²) < 4.78 is 0. The summed E-state index contributed by atoms with van der Waals surface area (Å²) in [4.78, 5) is 17.1. The molecule has 0 atom stereocenters. The Hall–Kier alpha value is -4.38. The van der Waals surface area contributed by atoms with Gasteiger partial charge in [-0.3, -0.25) is 9.79 Å². The Kier molecular flexibility index (Phi) is 11.2. The number of amidine groups is 1. The van der Waals surface area contributed by atoms with Crippen LogP contribution in [-0.2, 0) is 17.9 Å². The van der Waals surface area contributed by atoms with Crippen LogP contribution in [0.1, 0.15) is 36.8 Å². The summed E-state index contributed by atoms with van der Waals surface area (Å²) in [5, 5.41) is 6.04. The number of hydrogen-bond donors (Lipinski definition) is 2. The first-order valence-electron chi connectivity index (χ1n) is 13.8. The highest BCUT2D eigenvalue weighted by Crippen LogP contribution is 2.21. The van der Waals surface area contributed by atoms with E-state index in [1.165, 1.54) is 29.1 Å². The highest BCUT2D eigenvalue weighted by molar-refractivity contribution is 5.98. The van der Waals surface area contributed by atoms with E-state index in [0.29, 0.717) is 0 Å². The van der Waals surface area contributed by atoms with Gasteiger partial charge in [-0.2, -0.15) is 0 Å². The lowest BCUT2D eigenvalue weighted by Gasteiger charge is -2.25. The van der Waals surface area contributed by atoms with E-state index < -0.39 is 0 Å². The summed E-state index contributed by atoms with van der Waals surface area (Å²) in [6.07, 6.45) is 4.02. The minimum atomic E-state index is 0.204. The number of rotatable bonds is 6. The largest absolute Gasteiger partial charge is 0.381 e. The summed E-state index contributed by atoms with van der Waals surface area (Å²) in [6.45, 7) is 3.63. The number of nitrogens with one attached hydrogen (secondary N) is 2. The van der Waals surface area contributed by atoms with Crippen molar-refractivity contribution in [3.8, 4) is 0 Å². The first kappa shape index (κ1) is 27.6. The van der Waals surface area contributed by atoms with Crippen molar-refractivity contribution in [3.63, 3.8) is 0 Å². The van der Waals surface area contributed by atoms with E-state index in [1.54, 1.807) is 0 Å². The summed E-state index contributed by atoms with van der Waals surface area (Å²) >= 11 is 0. The predicted molar refractivity (Wildman–Crippen MR) is 163 cm³/mol. The first-order valence-corrected chi connectivity index (χ1v) is 13.8. The molecule has 2 aliphatic heterocycles. The molecule has 1 amide bonds. The molecular formula is C34H38N4O. The molecule has 1 saturated heterocycles. The zero-order valence-electron chi connectivity index (χ0n) is 22.5. The third-order valence-electron chi connectivity index (χ3n) is 6.43. The minimum absolute atomic E-state index is 0.204. The Labute approximate surface area is 232 Å². The smallest absolute Gasteiger partial charge is 0.220 e. The summed E-state index contributed by atoms with van der Waals surface area (Å²) in [6, 6.07) is 41.8. The molecule has 5 nitrogen and oxygen atoms in total. The average molecular weight is 519 g/mol. The molecule has 0 aromatic heterocycles. The highest BCUT2D eigenvalue weighted by atomic mass is 16.1. The van der Waals surface area contributed by atoms with Crippen molar-refractivity contribution in [1.29, 1.82) is 0 Å².